The second-order valence-corrected chi connectivity index (χ2v) is 4.48. The van der Waals surface area contributed by atoms with Crippen molar-refractivity contribution in [1.82, 2.24) is 10.6 Å². The lowest BCUT2D eigenvalue weighted by molar-refractivity contribution is -0.120. The number of carbonyl (C=O) groups is 1. The van der Waals surface area contributed by atoms with E-state index in [-0.39, 0.29) is 5.91 Å². The zero-order valence-corrected chi connectivity index (χ0v) is 9.93. The van der Waals surface area contributed by atoms with Crippen molar-refractivity contribution in [2.45, 2.75) is 6.54 Å². The molecule has 0 aliphatic heterocycles. The highest BCUT2D eigenvalue weighted by molar-refractivity contribution is 7.17. The molecule has 0 aliphatic rings. The van der Waals surface area contributed by atoms with E-state index in [9.17, 15) is 4.79 Å². The van der Waals surface area contributed by atoms with Gasteiger partial charge in [0.1, 0.15) is 0 Å². The van der Waals surface area contributed by atoms with E-state index >= 15 is 0 Å². The number of thiophene rings is 1. The van der Waals surface area contributed by atoms with Crippen LogP contribution in [0.5, 0.6) is 0 Å². The van der Waals surface area contributed by atoms with Gasteiger partial charge in [0.2, 0.25) is 5.91 Å². The van der Waals surface area contributed by atoms with Crippen LogP contribution in [-0.2, 0) is 11.3 Å². The molecule has 2 N–H and O–H groups in total. The average molecular weight is 234 g/mol. The number of likely N-dealkylation sites (N-methyl/N-ethyl adjacent to an activating group) is 1. The highest BCUT2D eigenvalue weighted by Crippen LogP contribution is 2.25. The van der Waals surface area contributed by atoms with Gasteiger partial charge in [0.05, 0.1) is 6.54 Å². The number of amides is 1. The van der Waals surface area contributed by atoms with Crippen LogP contribution in [0.15, 0.2) is 29.6 Å². The van der Waals surface area contributed by atoms with Gasteiger partial charge in [0.15, 0.2) is 0 Å². The molecule has 0 aliphatic carbocycles. The Hall–Kier alpha value is -1.39. The monoisotopic (exact) mass is 234 g/mol. The second kappa shape index (κ2) is 5.09. The Labute approximate surface area is 98.5 Å². The van der Waals surface area contributed by atoms with E-state index in [0.717, 1.165) is 0 Å². The lowest BCUT2D eigenvalue weighted by Gasteiger charge is -2.03. The highest BCUT2D eigenvalue weighted by atomic mass is 32.1. The molecule has 2 aromatic rings. The summed E-state index contributed by atoms with van der Waals surface area (Å²) in [5.74, 6) is 0.0257. The largest absolute Gasteiger partial charge is 0.351 e. The molecule has 0 saturated carbocycles. The van der Waals surface area contributed by atoms with Gasteiger partial charge < -0.3 is 10.6 Å². The Kier molecular flexibility index (Phi) is 3.54. The molecule has 1 aromatic carbocycles. The molecule has 0 bridgehead atoms. The van der Waals surface area contributed by atoms with Crippen molar-refractivity contribution >= 4 is 27.3 Å². The number of rotatable bonds is 4. The van der Waals surface area contributed by atoms with Crippen LogP contribution in [0.4, 0.5) is 0 Å². The Morgan fingerprint density at radius 3 is 3.00 bits per heavy atom. The molecule has 84 valence electrons. The minimum atomic E-state index is 0.0257. The summed E-state index contributed by atoms with van der Waals surface area (Å²) >= 11 is 1.71. The van der Waals surface area contributed by atoms with Crippen LogP contribution in [0.1, 0.15) is 5.56 Å². The van der Waals surface area contributed by atoms with Crippen molar-refractivity contribution in [3.05, 3.63) is 35.2 Å². The number of fused-ring (bicyclic) bond motifs is 1. The molecule has 1 amide bonds. The standard InChI is InChI=1S/C12H14N2OS/c1-13-7-12(15)14-6-9-8-16-11-5-3-2-4-10(9)11/h2-5,8,13H,6-7H2,1H3,(H,14,15). The van der Waals surface area contributed by atoms with Gasteiger partial charge in [-0.15, -0.1) is 11.3 Å². The summed E-state index contributed by atoms with van der Waals surface area (Å²) < 4.78 is 1.26. The molecule has 0 fully saturated rings. The molecule has 2 rings (SSSR count). The van der Waals surface area contributed by atoms with Crippen molar-refractivity contribution in [2.75, 3.05) is 13.6 Å². The maximum Gasteiger partial charge on any atom is 0.234 e. The number of carbonyl (C=O) groups excluding carboxylic acids is 1. The molecule has 0 spiro atoms. The van der Waals surface area contributed by atoms with Gasteiger partial charge in [0, 0.05) is 11.2 Å². The molecule has 0 unspecified atom stereocenters. The molecule has 3 nitrogen and oxygen atoms in total. The summed E-state index contributed by atoms with van der Waals surface area (Å²) in [6, 6.07) is 8.24. The third kappa shape index (κ3) is 2.40. The van der Waals surface area contributed by atoms with Gasteiger partial charge in [-0.1, -0.05) is 18.2 Å². The van der Waals surface area contributed by atoms with Crippen molar-refractivity contribution in [2.24, 2.45) is 0 Å². The van der Waals surface area contributed by atoms with Crippen LogP contribution >= 0.6 is 11.3 Å². The Balaban J connectivity index is 2.07. The van der Waals surface area contributed by atoms with Crippen LogP contribution in [0.25, 0.3) is 10.1 Å². The Bertz CT molecular complexity index is 492. The molecule has 0 radical (unpaired) electrons. The van der Waals surface area contributed by atoms with Crippen molar-refractivity contribution in [3.8, 4) is 0 Å². The lowest BCUT2D eigenvalue weighted by atomic mass is 10.2. The summed E-state index contributed by atoms with van der Waals surface area (Å²) in [5, 5.41) is 9.04. The van der Waals surface area contributed by atoms with E-state index in [4.69, 9.17) is 0 Å². The molecular weight excluding hydrogens is 220 g/mol. The van der Waals surface area contributed by atoms with Crippen LogP contribution in [0.2, 0.25) is 0 Å². The van der Waals surface area contributed by atoms with Gasteiger partial charge in [-0.05, 0) is 29.4 Å². The summed E-state index contributed by atoms with van der Waals surface area (Å²) in [6.45, 7) is 0.965. The molecule has 1 heterocycles. The second-order valence-electron chi connectivity index (χ2n) is 3.56. The first kappa shape index (κ1) is 11.1. The first-order chi connectivity index (χ1) is 7.81. The Morgan fingerprint density at radius 1 is 1.38 bits per heavy atom. The predicted molar refractivity (Wildman–Crippen MR) is 67.6 cm³/mol. The summed E-state index contributed by atoms with van der Waals surface area (Å²) in [6.07, 6.45) is 0. The molecule has 4 heteroatoms. The number of benzene rings is 1. The average Bonchev–Trinajstić information content (AvgIpc) is 2.70. The van der Waals surface area contributed by atoms with Crippen LogP contribution < -0.4 is 10.6 Å². The minimum absolute atomic E-state index is 0.0257. The zero-order valence-electron chi connectivity index (χ0n) is 9.12. The smallest absolute Gasteiger partial charge is 0.234 e. The molecule has 0 atom stereocenters. The van der Waals surface area contributed by atoms with E-state index in [2.05, 4.69) is 28.1 Å². The summed E-state index contributed by atoms with van der Waals surface area (Å²) in [4.78, 5) is 11.3. The summed E-state index contributed by atoms with van der Waals surface area (Å²) in [7, 11) is 1.76. The predicted octanol–water partition coefficient (Wildman–Crippen LogP) is 1.74. The normalized spacial score (nSPS) is 10.6. The quantitative estimate of drug-likeness (QED) is 0.846. The van der Waals surface area contributed by atoms with Crippen LogP contribution in [-0.4, -0.2) is 19.5 Å². The maximum absolute atomic E-state index is 11.3. The molecule has 0 saturated heterocycles. The van der Waals surface area contributed by atoms with Crippen molar-refractivity contribution < 1.29 is 4.79 Å². The lowest BCUT2D eigenvalue weighted by Crippen LogP contribution is -2.31. The number of hydrogen-bond acceptors (Lipinski definition) is 3. The van der Waals surface area contributed by atoms with Gasteiger partial charge in [-0.3, -0.25) is 4.79 Å². The van der Waals surface area contributed by atoms with Crippen LogP contribution in [0, 0.1) is 0 Å². The van der Waals surface area contributed by atoms with Crippen molar-refractivity contribution in [1.29, 1.82) is 0 Å². The van der Waals surface area contributed by atoms with Crippen LogP contribution in [0.3, 0.4) is 0 Å². The first-order valence-electron chi connectivity index (χ1n) is 5.17. The van der Waals surface area contributed by atoms with Gasteiger partial charge in [-0.2, -0.15) is 0 Å². The van der Waals surface area contributed by atoms with Crippen molar-refractivity contribution in [3.63, 3.8) is 0 Å². The molecular formula is C12H14N2OS. The fourth-order valence-corrected chi connectivity index (χ4v) is 2.55. The minimum Gasteiger partial charge on any atom is -0.351 e. The Morgan fingerprint density at radius 2 is 2.19 bits per heavy atom. The number of nitrogens with one attached hydrogen (secondary N) is 2. The van der Waals surface area contributed by atoms with E-state index in [1.165, 1.54) is 15.6 Å². The third-order valence-corrected chi connectivity index (χ3v) is 3.39. The first-order valence-corrected chi connectivity index (χ1v) is 6.05. The fraction of sp³-hybridized carbons (Fsp3) is 0.250. The maximum atomic E-state index is 11.3. The third-order valence-electron chi connectivity index (χ3n) is 2.37. The van der Waals surface area contributed by atoms with E-state index in [1.807, 2.05) is 12.1 Å². The summed E-state index contributed by atoms with van der Waals surface area (Å²) in [5.41, 5.74) is 1.19. The van der Waals surface area contributed by atoms with Gasteiger partial charge in [-0.25, -0.2) is 0 Å². The van der Waals surface area contributed by atoms with Gasteiger partial charge >= 0.3 is 0 Å². The highest BCUT2D eigenvalue weighted by Gasteiger charge is 2.04. The van der Waals surface area contributed by atoms with E-state index in [0.29, 0.717) is 13.1 Å². The molecule has 1 aromatic heterocycles. The molecule has 16 heavy (non-hydrogen) atoms. The topological polar surface area (TPSA) is 41.1 Å². The SMILES string of the molecule is CNCC(=O)NCc1csc2ccccc12. The van der Waals surface area contributed by atoms with E-state index in [1.54, 1.807) is 18.4 Å². The van der Waals surface area contributed by atoms with Gasteiger partial charge in [0.25, 0.3) is 0 Å². The van der Waals surface area contributed by atoms with E-state index < -0.39 is 0 Å². The fourth-order valence-electron chi connectivity index (χ4n) is 1.59. The number of hydrogen-bond donors (Lipinski definition) is 2. The zero-order chi connectivity index (χ0) is 11.4.